The number of benzene rings is 2. The van der Waals surface area contributed by atoms with Crippen LogP contribution < -0.4 is 16.0 Å². The average Bonchev–Trinajstić information content (AvgIpc) is 2.78. The standard InChI is InChI=1S/C21H26N6O3S/c1-16(23-26-21(28)17-8-4-2-5-9-17)20(27-14-6-3-7-15-27)25-24-18-10-12-19(13-11-18)31(22,29)30/h2,4-5,8-13,24H,3,6-7,14-15H2,1H3,(H,26,28)(H2,22,29,30)/b23-16+,25-20-. The van der Waals surface area contributed by atoms with Gasteiger partial charge in [0.05, 0.1) is 10.6 Å². The molecule has 31 heavy (non-hydrogen) atoms. The van der Waals surface area contributed by atoms with Crippen molar-refractivity contribution in [2.75, 3.05) is 18.5 Å². The second-order valence-electron chi connectivity index (χ2n) is 7.17. The van der Waals surface area contributed by atoms with Gasteiger partial charge in [-0.3, -0.25) is 10.2 Å². The Morgan fingerprint density at radius 3 is 2.23 bits per heavy atom. The molecule has 0 unspecified atom stereocenters. The van der Waals surface area contributed by atoms with Gasteiger partial charge in [0.25, 0.3) is 5.91 Å². The number of sulfonamides is 1. The molecule has 1 amide bonds. The smallest absolute Gasteiger partial charge is 0.271 e. The third-order valence-electron chi connectivity index (χ3n) is 4.81. The summed E-state index contributed by atoms with van der Waals surface area (Å²) in [6, 6.07) is 14.8. The first-order chi connectivity index (χ1) is 14.8. The molecule has 9 nitrogen and oxygen atoms in total. The van der Waals surface area contributed by atoms with Gasteiger partial charge >= 0.3 is 0 Å². The van der Waals surface area contributed by atoms with E-state index in [1.54, 1.807) is 43.3 Å². The van der Waals surface area contributed by atoms with Crippen LogP contribution in [-0.2, 0) is 10.0 Å². The van der Waals surface area contributed by atoms with Crippen LogP contribution >= 0.6 is 0 Å². The Labute approximate surface area is 182 Å². The summed E-state index contributed by atoms with van der Waals surface area (Å²) in [7, 11) is -3.75. The lowest BCUT2D eigenvalue weighted by atomic mass is 10.1. The van der Waals surface area contributed by atoms with E-state index in [0.29, 0.717) is 22.8 Å². The van der Waals surface area contributed by atoms with Gasteiger partial charge in [0.2, 0.25) is 10.0 Å². The number of primary sulfonamides is 1. The fourth-order valence-electron chi connectivity index (χ4n) is 3.16. The SMILES string of the molecule is CC(=N\NC(=O)c1ccccc1)/C(=N/Nc1ccc(S(N)(=O)=O)cc1)N1CCCCC1. The zero-order valence-electron chi connectivity index (χ0n) is 17.3. The number of amides is 1. The van der Waals surface area contributed by atoms with Gasteiger partial charge in [-0.2, -0.15) is 10.2 Å². The van der Waals surface area contributed by atoms with Crippen LogP contribution in [0.5, 0.6) is 0 Å². The van der Waals surface area contributed by atoms with E-state index < -0.39 is 10.0 Å². The molecular weight excluding hydrogens is 416 g/mol. The zero-order valence-corrected chi connectivity index (χ0v) is 18.1. The molecule has 1 saturated heterocycles. The van der Waals surface area contributed by atoms with Crippen LogP contribution in [0.1, 0.15) is 36.5 Å². The summed E-state index contributed by atoms with van der Waals surface area (Å²) in [5.74, 6) is 0.313. The predicted octanol–water partition coefficient (Wildman–Crippen LogP) is 2.35. The molecule has 3 rings (SSSR count). The molecule has 0 aliphatic carbocycles. The quantitative estimate of drug-likeness (QED) is 0.359. The minimum Gasteiger partial charge on any atom is -0.354 e. The van der Waals surface area contributed by atoms with Gasteiger partial charge in [0.15, 0.2) is 5.84 Å². The Kier molecular flexibility index (Phi) is 7.37. The zero-order chi connectivity index (χ0) is 22.3. The molecule has 10 heteroatoms. The number of hydrogen-bond acceptors (Lipinski definition) is 6. The lowest BCUT2D eigenvalue weighted by Gasteiger charge is -2.29. The molecule has 0 aromatic heterocycles. The normalized spacial score (nSPS) is 15.5. The summed E-state index contributed by atoms with van der Waals surface area (Å²) in [6.45, 7) is 3.46. The van der Waals surface area contributed by atoms with Crippen LogP contribution in [0, 0.1) is 0 Å². The minimum atomic E-state index is -3.75. The molecule has 4 N–H and O–H groups in total. The molecule has 0 spiro atoms. The van der Waals surface area contributed by atoms with E-state index >= 15 is 0 Å². The molecule has 1 heterocycles. The summed E-state index contributed by atoms with van der Waals surface area (Å²) in [5, 5.41) is 13.9. The molecule has 0 bridgehead atoms. The number of hydrazone groups is 2. The van der Waals surface area contributed by atoms with Gasteiger partial charge in [-0.1, -0.05) is 18.2 Å². The number of piperidine rings is 1. The van der Waals surface area contributed by atoms with Crippen LogP contribution in [0.15, 0.2) is 69.7 Å². The number of rotatable bonds is 6. The number of carbonyl (C=O) groups excluding carboxylic acids is 1. The number of hydrogen-bond donors (Lipinski definition) is 3. The van der Waals surface area contributed by atoms with Crippen molar-refractivity contribution in [2.24, 2.45) is 15.3 Å². The predicted molar refractivity (Wildman–Crippen MR) is 121 cm³/mol. The number of nitrogens with zero attached hydrogens (tertiary/aromatic N) is 3. The Bertz CT molecular complexity index is 1060. The number of carbonyl (C=O) groups is 1. The van der Waals surface area contributed by atoms with E-state index in [0.717, 1.165) is 32.4 Å². The molecule has 0 atom stereocenters. The van der Waals surface area contributed by atoms with E-state index in [4.69, 9.17) is 5.14 Å². The Hall–Kier alpha value is -3.24. The Morgan fingerprint density at radius 2 is 1.61 bits per heavy atom. The van der Waals surface area contributed by atoms with Crippen molar-refractivity contribution in [3.8, 4) is 0 Å². The molecule has 0 radical (unpaired) electrons. The van der Waals surface area contributed by atoms with E-state index in [1.165, 1.54) is 12.1 Å². The molecule has 2 aromatic rings. The first-order valence-corrected chi connectivity index (χ1v) is 11.5. The summed E-state index contributed by atoms with van der Waals surface area (Å²) in [4.78, 5) is 14.4. The topological polar surface area (TPSA) is 129 Å². The number of nitrogens with one attached hydrogen (secondary N) is 2. The average molecular weight is 443 g/mol. The van der Waals surface area contributed by atoms with Gasteiger partial charge in [0.1, 0.15) is 5.71 Å². The molecule has 1 aliphatic rings. The largest absolute Gasteiger partial charge is 0.354 e. The summed E-state index contributed by atoms with van der Waals surface area (Å²) in [6.07, 6.45) is 3.25. The molecule has 2 aromatic carbocycles. The molecule has 0 saturated carbocycles. The number of likely N-dealkylation sites (tertiary alicyclic amines) is 1. The molecule has 164 valence electrons. The minimum absolute atomic E-state index is 0.0275. The Morgan fingerprint density at radius 1 is 0.968 bits per heavy atom. The van der Waals surface area contributed by atoms with E-state index in [9.17, 15) is 13.2 Å². The maximum Gasteiger partial charge on any atom is 0.271 e. The van der Waals surface area contributed by atoms with Crippen molar-refractivity contribution in [3.63, 3.8) is 0 Å². The van der Waals surface area contributed by atoms with Crippen molar-refractivity contribution < 1.29 is 13.2 Å². The first-order valence-electron chi connectivity index (χ1n) is 9.96. The van der Waals surface area contributed by atoms with Crippen LogP contribution in [0.3, 0.4) is 0 Å². The highest BCUT2D eigenvalue weighted by Gasteiger charge is 2.18. The fourth-order valence-corrected chi connectivity index (χ4v) is 3.68. The van der Waals surface area contributed by atoms with Gasteiger partial charge in [-0.15, -0.1) is 0 Å². The van der Waals surface area contributed by atoms with Crippen LogP contribution in [-0.4, -0.2) is 43.9 Å². The van der Waals surface area contributed by atoms with Crippen LogP contribution in [0.2, 0.25) is 0 Å². The maximum atomic E-state index is 12.3. The Balaban J connectivity index is 1.77. The van der Waals surface area contributed by atoms with Crippen LogP contribution in [0.25, 0.3) is 0 Å². The van der Waals surface area contributed by atoms with Crippen molar-refractivity contribution in [1.29, 1.82) is 0 Å². The van der Waals surface area contributed by atoms with Gasteiger partial charge in [-0.05, 0) is 62.6 Å². The first kappa shape index (κ1) is 22.4. The summed E-state index contributed by atoms with van der Waals surface area (Å²) < 4.78 is 22.8. The van der Waals surface area contributed by atoms with Crippen molar-refractivity contribution >= 4 is 33.2 Å². The van der Waals surface area contributed by atoms with Gasteiger partial charge in [-0.25, -0.2) is 19.0 Å². The third-order valence-corrected chi connectivity index (χ3v) is 5.74. The number of amidine groups is 1. The van der Waals surface area contributed by atoms with Crippen LogP contribution in [0.4, 0.5) is 5.69 Å². The molecular formula is C21H26N6O3S. The van der Waals surface area contributed by atoms with Crippen molar-refractivity contribution in [1.82, 2.24) is 10.3 Å². The summed E-state index contributed by atoms with van der Waals surface area (Å²) >= 11 is 0. The second kappa shape index (κ2) is 10.2. The maximum absolute atomic E-state index is 12.3. The highest BCUT2D eigenvalue weighted by Crippen LogP contribution is 2.14. The van der Waals surface area contributed by atoms with Crippen molar-refractivity contribution in [3.05, 3.63) is 60.2 Å². The second-order valence-corrected chi connectivity index (χ2v) is 8.73. The molecule has 1 aliphatic heterocycles. The highest BCUT2D eigenvalue weighted by molar-refractivity contribution is 7.89. The van der Waals surface area contributed by atoms with E-state index in [-0.39, 0.29) is 10.8 Å². The lowest BCUT2D eigenvalue weighted by molar-refractivity contribution is 0.0955. The summed E-state index contributed by atoms with van der Waals surface area (Å²) in [5.41, 5.74) is 7.18. The number of anilines is 1. The monoisotopic (exact) mass is 442 g/mol. The van der Waals surface area contributed by atoms with E-state index in [1.807, 2.05) is 6.07 Å². The van der Waals surface area contributed by atoms with Gasteiger partial charge in [0, 0.05) is 18.7 Å². The molecule has 1 fully saturated rings. The fraction of sp³-hybridized carbons (Fsp3) is 0.286. The van der Waals surface area contributed by atoms with E-state index in [2.05, 4.69) is 26.0 Å². The lowest BCUT2D eigenvalue weighted by Crippen LogP contribution is -2.40. The highest BCUT2D eigenvalue weighted by atomic mass is 32.2. The van der Waals surface area contributed by atoms with Gasteiger partial charge < -0.3 is 4.90 Å². The third kappa shape index (κ3) is 6.37. The van der Waals surface area contributed by atoms with Crippen molar-refractivity contribution in [2.45, 2.75) is 31.1 Å². The number of nitrogens with two attached hydrogens (primary N) is 1.